The monoisotopic (exact) mass is 681 g/mol. The molecular formula is C35H43N11O4. The van der Waals surface area contributed by atoms with Crippen LogP contribution < -0.4 is 16.0 Å². The minimum absolute atomic E-state index is 0.160. The van der Waals surface area contributed by atoms with Gasteiger partial charge in [-0.1, -0.05) is 24.3 Å². The molecule has 1 aliphatic rings. The van der Waals surface area contributed by atoms with Crippen molar-refractivity contribution >= 4 is 35.6 Å². The van der Waals surface area contributed by atoms with Crippen LogP contribution in [0.25, 0.3) is 0 Å². The average Bonchev–Trinajstić information content (AvgIpc) is 3.51. The van der Waals surface area contributed by atoms with Crippen molar-refractivity contribution in [3.8, 4) is 6.07 Å². The lowest BCUT2D eigenvalue weighted by Crippen LogP contribution is -2.49. The third kappa shape index (κ3) is 10.1. The maximum absolute atomic E-state index is 12.9. The van der Waals surface area contributed by atoms with E-state index in [1.807, 2.05) is 56.8 Å². The van der Waals surface area contributed by atoms with Crippen LogP contribution in [0.4, 0.5) is 28.3 Å². The smallest absolute Gasteiger partial charge is 0.410 e. The maximum atomic E-state index is 12.9. The molecule has 2 aromatic carbocycles. The summed E-state index contributed by atoms with van der Waals surface area (Å²) in [5.41, 5.74) is 2.68. The van der Waals surface area contributed by atoms with Crippen LogP contribution in [0.2, 0.25) is 0 Å². The Morgan fingerprint density at radius 1 is 0.980 bits per heavy atom. The summed E-state index contributed by atoms with van der Waals surface area (Å²) < 4.78 is 12.5. The number of carbonyl (C=O) groups is 2. The van der Waals surface area contributed by atoms with E-state index in [0.29, 0.717) is 31.7 Å². The number of aromatic nitrogens is 5. The van der Waals surface area contributed by atoms with E-state index in [2.05, 4.69) is 52.9 Å². The minimum atomic E-state index is -0.815. The number of carbonyl (C=O) groups excluding carboxylic acids is 2. The summed E-state index contributed by atoms with van der Waals surface area (Å²) >= 11 is 0. The molecule has 3 N–H and O–H groups in total. The summed E-state index contributed by atoms with van der Waals surface area (Å²) in [5.74, 6) is 0.977. The van der Waals surface area contributed by atoms with Crippen LogP contribution in [-0.4, -0.2) is 91.3 Å². The molecule has 1 saturated heterocycles. The third-order valence-electron chi connectivity index (χ3n) is 7.89. The molecule has 5 rings (SSSR count). The number of esters is 1. The molecule has 1 aliphatic heterocycles. The summed E-state index contributed by atoms with van der Waals surface area (Å²) in [6, 6.07) is 16.2. The van der Waals surface area contributed by atoms with E-state index < -0.39 is 17.6 Å². The lowest BCUT2D eigenvalue weighted by molar-refractivity contribution is -0.141. The zero-order valence-electron chi connectivity index (χ0n) is 29.0. The fraction of sp³-hybridized carbons (Fsp3) is 0.400. The van der Waals surface area contributed by atoms with Crippen molar-refractivity contribution in [3.63, 3.8) is 0 Å². The van der Waals surface area contributed by atoms with E-state index in [1.54, 1.807) is 35.4 Å². The van der Waals surface area contributed by atoms with Gasteiger partial charge < -0.3 is 34.9 Å². The number of ether oxygens (including phenoxy) is 2. The molecule has 1 fully saturated rings. The number of nitrogens with one attached hydrogen (secondary N) is 3. The van der Waals surface area contributed by atoms with E-state index in [-0.39, 0.29) is 30.4 Å². The SMILES string of the molecule is COC(=O)[C@H](Cc1ccc(C#N)cc1)Nc1nc(NCc2nccn2C)nc(Nc2cccc(CN3CCN(C(=O)OC(C)(C)C)CC3)c2)n1. The second-order valence-electron chi connectivity index (χ2n) is 12.9. The van der Waals surface area contributed by atoms with Gasteiger partial charge in [-0.3, -0.25) is 4.90 Å². The molecule has 0 radical (unpaired) electrons. The van der Waals surface area contributed by atoms with Gasteiger partial charge in [-0.15, -0.1) is 0 Å². The number of benzene rings is 2. The summed E-state index contributed by atoms with van der Waals surface area (Å²) in [5, 5.41) is 18.8. The fourth-order valence-corrected chi connectivity index (χ4v) is 5.29. The quantitative estimate of drug-likeness (QED) is 0.183. The highest BCUT2D eigenvalue weighted by Gasteiger charge is 2.26. The number of imidazole rings is 1. The second-order valence-corrected chi connectivity index (χ2v) is 12.9. The molecule has 0 unspecified atom stereocenters. The van der Waals surface area contributed by atoms with Gasteiger partial charge in [-0.2, -0.15) is 20.2 Å². The Kier molecular flexibility index (Phi) is 11.4. The van der Waals surface area contributed by atoms with Crippen molar-refractivity contribution < 1.29 is 19.1 Å². The first-order chi connectivity index (χ1) is 24.0. The molecule has 1 atom stereocenters. The molecular weight excluding hydrogens is 638 g/mol. The zero-order chi connectivity index (χ0) is 35.7. The van der Waals surface area contributed by atoms with Crippen LogP contribution >= 0.6 is 0 Å². The number of methoxy groups -OCH3 is 1. The van der Waals surface area contributed by atoms with Crippen LogP contribution in [0, 0.1) is 11.3 Å². The van der Waals surface area contributed by atoms with Crippen molar-refractivity contribution in [3.05, 3.63) is 83.4 Å². The summed E-state index contributed by atoms with van der Waals surface area (Å²) in [6.07, 6.45) is 3.55. The fourth-order valence-electron chi connectivity index (χ4n) is 5.29. The lowest BCUT2D eigenvalue weighted by Gasteiger charge is -2.35. The highest BCUT2D eigenvalue weighted by molar-refractivity contribution is 5.79. The third-order valence-corrected chi connectivity index (χ3v) is 7.89. The molecule has 0 saturated carbocycles. The molecule has 0 spiro atoms. The topological polar surface area (TPSA) is 175 Å². The molecule has 262 valence electrons. The number of piperazine rings is 1. The Bertz CT molecular complexity index is 1810. The Morgan fingerprint density at radius 3 is 2.36 bits per heavy atom. The molecule has 1 amide bonds. The van der Waals surface area contributed by atoms with E-state index in [0.717, 1.165) is 35.7 Å². The van der Waals surface area contributed by atoms with Gasteiger partial charge in [0, 0.05) is 64.3 Å². The molecule has 3 heterocycles. The first kappa shape index (κ1) is 35.6. The van der Waals surface area contributed by atoms with Crippen LogP contribution in [0.1, 0.15) is 43.3 Å². The van der Waals surface area contributed by atoms with Crippen molar-refractivity contribution in [1.82, 2.24) is 34.3 Å². The van der Waals surface area contributed by atoms with E-state index >= 15 is 0 Å². The highest BCUT2D eigenvalue weighted by atomic mass is 16.6. The van der Waals surface area contributed by atoms with Gasteiger partial charge in [-0.25, -0.2) is 14.6 Å². The van der Waals surface area contributed by atoms with Gasteiger partial charge >= 0.3 is 12.1 Å². The first-order valence-electron chi connectivity index (χ1n) is 16.3. The standard InChI is InChI=1S/C35H43N11O4/c1-35(2,3)50-34(48)46-17-15-45(16-18-46)23-26-7-6-8-27(19-26)39-32-41-31(38-22-29-37-13-14-44(29)4)42-33(43-32)40-28(30(47)49-5)20-24-9-11-25(21-36)12-10-24/h6-14,19,28H,15-18,20,22-23H2,1-5H3,(H3,38,39,40,41,42,43)/t28-/m0/s1. The number of anilines is 4. The molecule has 2 aromatic heterocycles. The van der Waals surface area contributed by atoms with Crippen molar-refractivity contribution in [1.29, 1.82) is 5.26 Å². The Hall–Kier alpha value is -5.75. The van der Waals surface area contributed by atoms with Crippen molar-refractivity contribution in [2.24, 2.45) is 7.05 Å². The molecule has 15 nitrogen and oxygen atoms in total. The van der Waals surface area contributed by atoms with Crippen LogP contribution in [0.3, 0.4) is 0 Å². The molecule has 15 heteroatoms. The molecule has 50 heavy (non-hydrogen) atoms. The van der Waals surface area contributed by atoms with Gasteiger partial charge in [0.2, 0.25) is 17.8 Å². The highest BCUT2D eigenvalue weighted by Crippen LogP contribution is 2.21. The zero-order valence-corrected chi connectivity index (χ0v) is 29.0. The van der Waals surface area contributed by atoms with Crippen LogP contribution in [0.15, 0.2) is 60.9 Å². The summed E-state index contributed by atoms with van der Waals surface area (Å²) in [6.45, 7) is 9.32. The van der Waals surface area contributed by atoms with E-state index in [1.165, 1.54) is 7.11 Å². The average molecular weight is 682 g/mol. The summed E-state index contributed by atoms with van der Waals surface area (Å²) in [4.78, 5) is 47.5. The number of hydrogen-bond acceptors (Lipinski definition) is 13. The Labute approximate surface area is 291 Å². The predicted molar refractivity (Wildman–Crippen MR) is 187 cm³/mol. The molecule has 0 bridgehead atoms. The number of rotatable bonds is 12. The van der Waals surface area contributed by atoms with E-state index in [9.17, 15) is 9.59 Å². The van der Waals surface area contributed by atoms with E-state index in [4.69, 9.17) is 14.7 Å². The van der Waals surface area contributed by atoms with Crippen molar-refractivity contribution in [2.75, 3.05) is 49.2 Å². The van der Waals surface area contributed by atoms with Crippen LogP contribution in [-0.2, 0) is 40.8 Å². The summed E-state index contributed by atoms with van der Waals surface area (Å²) in [7, 11) is 3.22. The van der Waals surface area contributed by atoms with Crippen LogP contribution in [0.5, 0.6) is 0 Å². The number of hydrogen-bond donors (Lipinski definition) is 3. The number of nitriles is 1. The number of nitrogens with zero attached hydrogens (tertiary/aromatic N) is 8. The molecule has 0 aliphatic carbocycles. The molecule has 4 aromatic rings. The predicted octanol–water partition coefficient (Wildman–Crippen LogP) is 4.08. The maximum Gasteiger partial charge on any atom is 0.410 e. The van der Waals surface area contributed by atoms with Gasteiger partial charge in [0.25, 0.3) is 0 Å². The normalized spacial score (nSPS) is 14.0. The van der Waals surface area contributed by atoms with Crippen molar-refractivity contribution in [2.45, 2.75) is 51.9 Å². The second kappa shape index (κ2) is 16.1. The largest absolute Gasteiger partial charge is 0.467 e. The first-order valence-corrected chi connectivity index (χ1v) is 16.3. The van der Waals surface area contributed by atoms with Gasteiger partial charge in [0.05, 0.1) is 25.3 Å². The lowest BCUT2D eigenvalue weighted by atomic mass is 10.0. The van der Waals surface area contributed by atoms with Gasteiger partial charge in [-0.05, 0) is 56.2 Å². The Morgan fingerprint density at radius 2 is 1.70 bits per heavy atom. The Balaban J connectivity index is 1.31. The number of aryl methyl sites for hydroxylation is 1. The van der Waals surface area contributed by atoms with Gasteiger partial charge in [0.15, 0.2) is 0 Å². The minimum Gasteiger partial charge on any atom is -0.467 e. The van der Waals surface area contributed by atoms with Gasteiger partial charge in [0.1, 0.15) is 17.5 Å². The number of amides is 1.